The molecule has 0 amide bonds. The van der Waals surface area contributed by atoms with E-state index in [4.69, 9.17) is 4.74 Å². The topological polar surface area (TPSA) is 21.3 Å². The van der Waals surface area contributed by atoms with E-state index >= 15 is 0 Å². The first-order valence-electron chi connectivity index (χ1n) is 4.95. The number of hydrogen-bond acceptors (Lipinski definition) is 3. The van der Waals surface area contributed by atoms with E-state index in [0.29, 0.717) is 0 Å². The van der Waals surface area contributed by atoms with Gasteiger partial charge in [0.25, 0.3) is 0 Å². The number of thiophene rings is 1. The van der Waals surface area contributed by atoms with Crippen molar-refractivity contribution in [1.29, 1.82) is 0 Å². The average molecular weight is 290 g/mol. The van der Waals surface area contributed by atoms with Gasteiger partial charge in [0.15, 0.2) is 0 Å². The fraction of sp³-hybridized carbons (Fsp3) is 0.455. The SMILES string of the molecule is C=CCCOCCNCc1csc(Br)c1. The van der Waals surface area contributed by atoms with Crippen LogP contribution in [0.15, 0.2) is 27.9 Å². The molecule has 0 atom stereocenters. The van der Waals surface area contributed by atoms with Gasteiger partial charge in [-0.15, -0.1) is 17.9 Å². The highest BCUT2D eigenvalue weighted by Gasteiger charge is 1.96. The molecule has 0 aromatic carbocycles. The Kier molecular flexibility index (Phi) is 6.92. The Labute approximate surface area is 103 Å². The van der Waals surface area contributed by atoms with E-state index in [1.165, 1.54) is 9.35 Å². The normalized spacial score (nSPS) is 10.5. The van der Waals surface area contributed by atoms with Crippen molar-refractivity contribution in [3.05, 3.63) is 33.5 Å². The number of rotatable bonds is 8. The molecule has 0 aliphatic heterocycles. The van der Waals surface area contributed by atoms with Crippen LogP contribution in [0.3, 0.4) is 0 Å². The van der Waals surface area contributed by atoms with Crippen LogP contribution in [-0.2, 0) is 11.3 Å². The van der Waals surface area contributed by atoms with Crippen molar-refractivity contribution in [1.82, 2.24) is 5.32 Å². The highest BCUT2D eigenvalue weighted by Crippen LogP contribution is 2.20. The molecule has 15 heavy (non-hydrogen) atoms. The van der Waals surface area contributed by atoms with Crippen LogP contribution in [0.4, 0.5) is 0 Å². The van der Waals surface area contributed by atoms with Gasteiger partial charge >= 0.3 is 0 Å². The van der Waals surface area contributed by atoms with Crippen molar-refractivity contribution in [3.8, 4) is 0 Å². The van der Waals surface area contributed by atoms with E-state index in [-0.39, 0.29) is 0 Å². The third-order valence-electron chi connectivity index (χ3n) is 1.84. The first-order chi connectivity index (χ1) is 7.33. The summed E-state index contributed by atoms with van der Waals surface area (Å²) in [7, 11) is 0. The van der Waals surface area contributed by atoms with Crippen LogP contribution in [0.5, 0.6) is 0 Å². The maximum atomic E-state index is 5.38. The molecule has 1 aromatic rings. The molecule has 0 saturated carbocycles. The van der Waals surface area contributed by atoms with Crippen LogP contribution in [0.25, 0.3) is 0 Å². The van der Waals surface area contributed by atoms with Gasteiger partial charge in [-0.3, -0.25) is 0 Å². The molecule has 4 heteroatoms. The van der Waals surface area contributed by atoms with Crippen molar-refractivity contribution in [3.63, 3.8) is 0 Å². The first kappa shape index (κ1) is 12.9. The summed E-state index contributed by atoms with van der Waals surface area (Å²) in [6.07, 6.45) is 2.80. The molecular weight excluding hydrogens is 274 g/mol. The Balaban J connectivity index is 1.95. The van der Waals surface area contributed by atoms with Crippen LogP contribution in [0.2, 0.25) is 0 Å². The van der Waals surface area contributed by atoms with Gasteiger partial charge in [-0.25, -0.2) is 0 Å². The number of hydrogen-bond donors (Lipinski definition) is 1. The molecule has 0 radical (unpaired) electrons. The summed E-state index contributed by atoms with van der Waals surface area (Å²) in [5.74, 6) is 0. The zero-order chi connectivity index (χ0) is 10.9. The molecular formula is C11H16BrNOS. The Bertz CT molecular complexity index is 288. The minimum absolute atomic E-state index is 0.763. The van der Waals surface area contributed by atoms with Gasteiger partial charge in [0.2, 0.25) is 0 Å². The van der Waals surface area contributed by atoms with Crippen molar-refractivity contribution in [2.75, 3.05) is 19.8 Å². The largest absolute Gasteiger partial charge is 0.380 e. The van der Waals surface area contributed by atoms with Crippen molar-refractivity contribution in [2.24, 2.45) is 0 Å². The Morgan fingerprint density at radius 1 is 1.53 bits per heavy atom. The number of ether oxygens (including phenoxy) is 1. The zero-order valence-electron chi connectivity index (χ0n) is 8.67. The molecule has 1 heterocycles. The van der Waals surface area contributed by atoms with Gasteiger partial charge in [-0.1, -0.05) is 6.08 Å². The lowest BCUT2D eigenvalue weighted by molar-refractivity contribution is 0.140. The zero-order valence-corrected chi connectivity index (χ0v) is 11.1. The van der Waals surface area contributed by atoms with E-state index in [0.717, 1.165) is 32.7 Å². The Morgan fingerprint density at radius 3 is 3.07 bits per heavy atom. The Morgan fingerprint density at radius 2 is 2.40 bits per heavy atom. The number of halogens is 1. The highest BCUT2D eigenvalue weighted by atomic mass is 79.9. The quantitative estimate of drug-likeness (QED) is 0.586. The first-order valence-corrected chi connectivity index (χ1v) is 6.62. The summed E-state index contributed by atoms with van der Waals surface area (Å²) in [6, 6.07) is 2.14. The van der Waals surface area contributed by atoms with Gasteiger partial charge in [-0.2, -0.15) is 0 Å². The molecule has 1 aromatic heterocycles. The lowest BCUT2D eigenvalue weighted by atomic mass is 10.3. The highest BCUT2D eigenvalue weighted by molar-refractivity contribution is 9.11. The van der Waals surface area contributed by atoms with Gasteiger partial charge in [0.05, 0.1) is 17.0 Å². The predicted octanol–water partition coefficient (Wildman–Crippen LogP) is 3.19. The summed E-state index contributed by atoms with van der Waals surface area (Å²) >= 11 is 5.15. The fourth-order valence-electron chi connectivity index (χ4n) is 1.08. The van der Waals surface area contributed by atoms with Crippen molar-refractivity contribution in [2.45, 2.75) is 13.0 Å². The van der Waals surface area contributed by atoms with Gasteiger partial charge in [0.1, 0.15) is 0 Å². The number of nitrogens with one attached hydrogen (secondary N) is 1. The van der Waals surface area contributed by atoms with Gasteiger partial charge in [-0.05, 0) is 39.4 Å². The summed E-state index contributed by atoms with van der Waals surface area (Å²) in [4.78, 5) is 0. The second-order valence-electron chi connectivity index (χ2n) is 3.13. The molecule has 0 aliphatic carbocycles. The third kappa shape index (κ3) is 6.10. The molecule has 0 fully saturated rings. The minimum atomic E-state index is 0.763. The Hall–Kier alpha value is -0.160. The fourth-order valence-corrected chi connectivity index (χ4v) is 2.29. The van der Waals surface area contributed by atoms with Gasteiger partial charge < -0.3 is 10.1 Å². The van der Waals surface area contributed by atoms with Crippen molar-refractivity contribution < 1.29 is 4.74 Å². The van der Waals surface area contributed by atoms with Crippen LogP contribution in [-0.4, -0.2) is 19.8 Å². The van der Waals surface area contributed by atoms with E-state index < -0.39 is 0 Å². The minimum Gasteiger partial charge on any atom is -0.380 e. The van der Waals surface area contributed by atoms with Gasteiger partial charge in [0, 0.05) is 13.1 Å². The summed E-state index contributed by atoms with van der Waals surface area (Å²) < 4.78 is 6.56. The van der Waals surface area contributed by atoms with Crippen LogP contribution in [0.1, 0.15) is 12.0 Å². The summed E-state index contributed by atoms with van der Waals surface area (Å²) in [5, 5.41) is 5.48. The molecule has 0 spiro atoms. The molecule has 0 bridgehead atoms. The van der Waals surface area contributed by atoms with Crippen LogP contribution in [0, 0.1) is 0 Å². The lowest BCUT2D eigenvalue weighted by Gasteiger charge is -2.03. The second kappa shape index (κ2) is 8.05. The third-order valence-corrected chi connectivity index (χ3v) is 3.39. The molecule has 84 valence electrons. The van der Waals surface area contributed by atoms with Crippen LogP contribution >= 0.6 is 27.3 Å². The molecule has 0 unspecified atom stereocenters. The smallest absolute Gasteiger partial charge is 0.0701 e. The second-order valence-corrected chi connectivity index (χ2v) is 5.42. The van der Waals surface area contributed by atoms with E-state index in [9.17, 15) is 0 Å². The maximum absolute atomic E-state index is 5.38. The van der Waals surface area contributed by atoms with Crippen LogP contribution < -0.4 is 5.32 Å². The molecule has 0 saturated heterocycles. The van der Waals surface area contributed by atoms with E-state index in [1.54, 1.807) is 11.3 Å². The van der Waals surface area contributed by atoms with E-state index in [1.807, 2.05) is 6.08 Å². The lowest BCUT2D eigenvalue weighted by Crippen LogP contribution is -2.19. The monoisotopic (exact) mass is 289 g/mol. The molecule has 1 rings (SSSR count). The molecule has 1 N–H and O–H groups in total. The summed E-state index contributed by atoms with van der Waals surface area (Å²) in [5.41, 5.74) is 1.32. The van der Waals surface area contributed by atoms with Crippen molar-refractivity contribution >= 4 is 27.3 Å². The van der Waals surface area contributed by atoms with E-state index in [2.05, 4.69) is 39.3 Å². The molecule has 0 aliphatic rings. The standard InChI is InChI=1S/C11H16BrNOS/c1-2-3-5-14-6-4-13-8-10-7-11(12)15-9-10/h2,7,9,13H,1,3-6,8H2. The maximum Gasteiger partial charge on any atom is 0.0701 e. The average Bonchev–Trinajstić information content (AvgIpc) is 2.63. The summed E-state index contributed by atoms with van der Waals surface area (Å²) in [6.45, 7) is 6.98. The molecule has 2 nitrogen and oxygen atoms in total. The predicted molar refractivity (Wildman–Crippen MR) is 69.4 cm³/mol.